The molecule has 4 rings (SSSR count). The SMILES string of the molecule is C[C@H]1CN(S(=O)(=O)N(C)Cc2cn(-c3ccccc3)nc2-c2ccccc2)C[C@H](C)O1. The van der Waals surface area contributed by atoms with Crippen LogP contribution in [-0.2, 0) is 21.5 Å². The third kappa shape index (κ3) is 4.72. The summed E-state index contributed by atoms with van der Waals surface area (Å²) in [6.45, 7) is 4.72. The summed E-state index contributed by atoms with van der Waals surface area (Å²) in [6, 6.07) is 19.7. The van der Waals surface area contributed by atoms with Crippen LogP contribution in [0.25, 0.3) is 16.9 Å². The fraction of sp³-hybridized carbons (Fsp3) is 0.348. The van der Waals surface area contributed by atoms with Crippen molar-refractivity contribution in [2.75, 3.05) is 20.1 Å². The number of morpholine rings is 1. The van der Waals surface area contributed by atoms with Crippen LogP contribution in [0.3, 0.4) is 0 Å². The number of aromatic nitrogens is 2. The molecule has 0 bridgehead atoms. The standard InChI is InChI=1S/C23H28N4O3S/c1-18-14-26(15-19(2)30-18)31(28,29)25(3)16-21-17-27(22-12-8-5-9-13-22)24-23(21)20-10-6-4-7-11-20/h4-13,17-19H,14-16H2,1-3H3/t18-,19-/m0/s1. The lowest BCUT2D eigenvalue weighted by Gasteiger charge is -2.36. The van der Waals surface area contributed by atoms with Gasteiger partial charge in [-0.2, -0.15) is 22.1 Å². The molecular weight excluding hydrogens is 412 g/mol. The Balaban J connectivity index is 1.66. The van der Waals surface area contributed by atoms with Gasteiger partial charge in [-0.05, 0) is 26.0 Å². The minimum absolute atomic E-state index is 0.132. The maximum Gasteiger partial charge on any atom is 0.282 e. The van der Waals surface area contributed by atoms with E-state index in [0.29, 0.717) is 13.1 Å². The molecule has 8 heteroatoms. The summed E-state index contributed by atoms with van der Waals surface area (Å²) < 4.78 is 37.0. The van der Waals surface area contributed by atoms with Gasteiger partial charge in [-0.25, -0.2) is 4.68 Å². The highest BCUT2D eigenvalue weighted by atomic mass is 32.2. The van der Waals surface area contributed by atoms with Crippen LogP contribution in [0, 0.1) is 0 Å². The van der Waals surface area contributed by atoms with Gasteiger partial charge in [0.25, 0.3) is 10.2 Å². The van der Waals surface area contributed by atoms with Crippen LogP contribution in [0.1, 0.15) is 19.4 Å². The predicted molar refractivity (Wildman–Crippen MR) is 121 cm³/mol. The van der Waals surface area contributed by atoms with E-state index >= 15 is 0 Å². The van der Waals surface area contributed by atoms with E-state index in [1.54, 1.807) is 11.7 Å². The molecule has 1 aromatic heterocycles. The summed E-state index contributed by atoms with van der Waals surface area (Å²) >= 11 is 0. The fourth-order valence-electron chi connectivity index (χ4n) is 3.92. The molecular formula is C23H28N4O3S. The zero-order valence-electron chi connectivity index (χ0n) is 18.0. The van der Waals surface area contributed by atoms with Crippen LogP contribution in [-0.4, -0.2) is 59.2 Å². The molecule has 0 radical (unpaired) electrons. The van der Waals surface area contributed by atoms with Crippen molar-refractivity contribution in [3.8, 4) is 16.9 Å². The van der Waals surface area contributed by atoms with Crippen LogP contribution in [0.15, 0.2) is 66.9 Å². The Hall–Kier alpha value is -2.52. The Morgan fingerprint density at radius 1 is 1.00 bits per heavy atom. The number of benzene rings is 2. The average Bonchev–Trinajstić information content (AvgIpc) is 3.18. The highest BCUT2D eigenvalue weighted by Crippen LogP contribution is 2.26. The van der Waals surface area contributed by atoms with Gasteiger partial charge in [-0.15, -0.1) is 0 Å². The van der Waals surface area contributed by atoms with Gasteiger partial charge < -0.3 is 4.74 Å². The van der Waals surface area contributed by atoms with Crippen molar-refractivity contribution in [2.45, 2.75) is 32.6 Å². The molecule has 31 heavy (non-hydrogen) atoms. The molecule has 1 aliphatic heterocycles. The Kier molecular flexibility index (Phi) is 6.24. The molecule has 2 heterocycles. The quantitative estimate of drug-likeness (QED) is 0.590. The van der Waals surface area contributed by atoms with Gasteiger partial charge >= 0.3 is 0 Å². The zero-order valence-corrected chi connectivity index (χ0v) is 18.9. The molecule has 3 aromatic rings. The van der Waals surface area contributed by atoms with Crippen molar-refractivity contribution in [2.24, 2.45) is 0 Å². The van der Waals surface area contributed by atoms with Crippen LogP contribution in [0.2, 0.25) is 0 Å². The molecule has 2 aromatic carbocycles. The van der Waals surface area contributed by atoms with Crippen molar-refractivity contribution < 1.29 is 13.2 Å². The van der Waals surface area contributed by atoms with Gasteiger partial charge in [0.05, 0.1) is 23.6 Å². The minimum Gasteiger partial charge on any atom is -0.373 e. The van der Waals surface area contributed by atoms with Crippen LogP contribution in [0.4, 0.5) is 0 Å². The molecule has 2 atom stereocenters. The minimum atomic E-state index is -3.63. The summed E-state index contributed by atoms with van der Waals surface area (Å²) in [4.78, 5) is 0. The van der Waals surface area contributed by atoms with E-state index in [-0.39, 0.29) is 18.8 Å². The second kappa shape index (κ2) is 8.92. The third-order valence-corrected chi connectivity index (χ3v) is 7.22. The average molecular weight is 441 g/mol. The summed E-state index contributed by atoms with van der Waals surface area (Å²) in [6.07, 6.45) is 1.65. The van der Waals surface area contributed by atoms with Crippen molar-refractivity contribution in [3.63, 3.8) is 0 Å². The number of ether oxygens (including phenoxy) is 1. The largest absolute Gasteiger partial charge is 0.373 e. The maximum atomic E-state index is 13.3. The summed E-state index contributed by atoms with van der Waals surface area (Å²) in [5.41, 5.74) is 3.49. The number of nitrogens with zero attached hydrogens (tertiary/aromatic N) is 4. The molecule has 1 saturated heterocycles. The van der Waals surface area contributed by atoms with E-state index in [1.165, 1.54) is 8.61 Å². The topological polar surface area (TPSA) is 67.7 Å². The second-order valence-electron chi connectivity index (χ2n) is 7.99. The van der Waals surface area contributed by atoms with Crippen molar-refractivity contribution in [1.82, 2.24) is 18.4 Å². The lowest BCUT2D eigenvalue weighted by atomic mass is 10.1. The van der Waals surface area contributed by atoms with Gasteiger partial charge in [0.15, 0.2) is 0 Å². The van der Waals surface area contributed by atoms with Gasteiger partial charge in [-0.3, -0.25) is 0 Å². The molecule has 7 nitrogen and oxygen atoms in total. The lowest BCUT2D eigenvalue weighted by molar-refractivity contribution is -0.0453. The third-order valence-electron chi connectivity index (χ3n) is 5.36. The molecule has 164 valence electrons. The first-order valence-electron chi connectivity index (χ1n) is 10.4. The first-order valence-corrected chi connectivity index (χ1v) is 11.8. The molecule has 0 saturated carbocycles. The van der Waals surface area contributed by atoms with Gasteiger partial charge in [0, 0.05) is 44.0 Å². The highest BCUT2D eigenvalue weighted by molar-refractivity contribution is 7.86. The predicted octanol–water partition coefficient (Wildman–Crippen LogP) is 3.33. The number of hydrogen-bond acceptors (Lipinski definition) is 4. The highest BCUT2D eigenvalue weighted by Gasteiger charge is 2.34. The van der Waals surface area contributed by atoms with Crippen LogP contribution in [0.5, 0.6) is 0 Å². The summed E-state index contributed by atoms with van der Waals surface area (Å²) in [5.74, 6) is 0. The van der Waals surface area contributed by atoms with E-state index in [1.807, 2.05) is 80.7 Å². The normalized spacial score (nSPS) is 20.3. The van der Waals surface area contributed by atoms with Crippen LogP contribution < -0.4 is 0 Å². The van der Waals surface area contributed by atoms with Crippen molar-refractivity contribution >= 4 is 10.2 Å². The molecule has 0 aliphatic carbocycles. The van der Waals surface area contributed by atoms with E-state index in [4.69, 9.17) is 9.84 Å². The molecule has 0 amide bonds. The lowest BCUT2D eigenvalue weighted by Crippen LogP contribution is -2.52. The van der Waals surface area contributed by atoms with E-state index in [0.717, 1.165) is 22.5 Å². The number of para-hydroxylation sites is 1. The van der Waals surface area contributed by atoms with Gasteiger partial charge in [-0.1, -0.05) is 48.5 Å². The number of rotatable bonds is 6. The monoisotopic (exact) mass is 440 g/mol. The maximum absolute atomic E-state index is 13.3. The van der Waals surface area contributed by atoms with Crippen LogP contribution >= 0.6 is 0 Å². The Bertz CT molecular complexity index is 1110. The fourth-order valence-corrected chi connectivity index (χ4v) is 5.41. The summed E-state index contributed by atoms with van der Waals surface area (Å²) in [5, 5.41) is 4.78. The van der Waals surface area contributed by atoms with Gasteiger partial charge in [0.2, 0.25) is 0 Å². The molecule has 0 N–H and O–H groups in total. The van der Waals surface area contributed by atoms with E-state index in [9.17, 15) is 8.42 Å². The first kappa shape index (κ1) is 21.7. The Labute approximate surface area is 184 Å². The van der Waals surface area contributed by atoms with Crippen molar-refractivity contribution in [3.05, 3.63) is 72.4 Å². The van der Waals surface area contributed by atoms with Crippen molar-refractivity contribution in [1.29, 1.82) is 0 Å². The molecule has 0 spiro atoms. The van der Waals surface area contributed by atoms with Gasteiger partial charge in [0.1, 0.15) is 0 Å². The first-order chi connectivity index (χ1) is 14.8. The van der Waals surface area contributed by atoms with E-state index in [2.05, 4.69) is 0 Å². The Morgan fingerprint density at radius 2 is 1.58 bits per heavy atom. The molecule has 1 fully saturated rings. The number of hydrogen-bond donors (Lipinski definition) is 0. The molecule has 1 aliphatic rings. The summed E-state index contributed by atoms with van der Waals surface area (Å²) in [7, 11) is -2.01. The smallest absolute Gasteiger partial charge is 0.282 e. The molecule has 0 unspecified atom stereocenters. The Morgan fingerprint density at radius 3 is 2.19 bits per heavy atom. The zero-order chi connectivity index (χ0) is 22.0. The van der Waals surface area contributed by atoms with E-state index < -0.39 is 10.2 Å². The second-order valence-corrected chi connectivity index (χ2v) is 10.0.